The molecule has 1 aromatic heterocycles. The molecular formula is C15H17NO. The van der Waals surface area contributed by atoms with E-state index in [0.29, 0.717) is 0 Å². The van der Waals surface area contributed by atoms with E-state index in [2.05, 4.69) is 23.6 Å². The van der Waals surface area contributed by atoms with Gasteiger partial charge in [0.1, 0.15) is 0 Å². The highest BCUT2D eigenvalue weighted by Gasteiger charge is 2.17. The summed E-state index contributed by atoms with van der Waals surface area (Å²) in [4.78, 5) is 11.5. The number of hydrogen-bond donors (Lipinski definition) is 0. The van der Waals surface area contributed by atoms with Crippen molar-refractivity contribution < 1.29 is 4.79 Å². The summed E-state index contributed by atoms with van der Waals surface area (Å²) >= 11 is 0. The van der Waals surface area contributed by atoms with Gasteiger partial charge in [-0.25, -0.2) is 0 Å². The quantitative estimate of drug-likeness (QED) is 0.683. The van der Waals surface area contributed by atoms with Crippen LogP contribution in [0.25, 0.3) is 10.9 Å². The maximum absolute atomic E-state index is 11.5. The number of fused-ring (bicyclic) bond motifs is 3. The van der Waals surface area contributed by atoms with Gasteiger partial charge in [0.2, 0.25) is 0 Å². The van der Waals surface area contributed by atoms with E-state index in [1.54, 1.807) is 6.92 Å². The molecule has 1 aromatic carbocycles. The van der Waals surface area contributed by atoms with Crippen LogP contribution in [0.1, 0.15) is 41.4 Å². The molecule has 0 fully saturated rings. The molecule has 2 aromatic rings. The Morgan fingerprint density at radius 1 is 1.29 bits per heavy atom. The largest absolute Gasteiger partial charge is 0.344 e. The average Bonchev–Trinajstić information content (AvgIpc) is 2.64. The zero-order valence-corrected chi connectivity index (χ0v) is 10.4. The Hall–Kier alpha value is -1.57. The maximum Gasteiger partial charge on any atom is 0.159 e. The number of hydrogen-bond acceptors (Lipinski definition) is 1. The Bertz CT molecular complexity index is 607. The van der Waals surface area contributed by atoms with Crippen LogP contribution in [-0.2, 0) is 13.0 Å². The van der Waals surface area contributed by atoms with Crippen LogP contribution >= 0.6 is 0 Å². The molecule has 2 nitrogen and oxygen atoms in total. The van der Waals surface area contributed by atoms with Crippen molar-refractivity contribution in [3.05, 3.63) is 35.0 Å². The fraction of sp³-hybridized carbons (Fsp3) is 0.400. The van der Waals surface area contributed by atoms with Gasteiger partial charge in [0.15, 0.2) is 5.78 Å². The normalized spacial score (nSPS) is 14.9. The minimum Gasteiger partial charge on any atom is -0.344 e. The molecule has 0 amide bonds. The minimum absolute atomic E-state index is 0.149. The van der Waals surface area contributed by atoms with E-state index in [1.165, 1.54) is 41.4 Å². The van der Waals surface area contributed by atoms with Crippen molar-refractivity contribution in [1.82, 2.24) is 4.57 Å². The topological polar surface area (TPSA) is 22.0 Å². The molecule has 1 aliphatic heterocycles. The number of carbonyl (C=O) groups excluding carboxylic acids is 1. The molecule has 2 heterocycles. The summed E-state index contributed by atoms with van der Waals surface area (Å²) in [5, 5.41) is 1.31. The van der Waals surface area contributed by atoms with Crippen molar-refractivity contribution in [3.8, 4) is 0 Å². The molecule has 3 rings (SSSR count). The second-order valence-electron chi connectivity index (χ2n) is 4.97. The Labute approximate surface area is 101 Å². The summed E-state index contributed by atoms with van der Waals surface area (Å²) in [6.07, 6.45) is 3.72. The van der Waals surface area contributed by atoms with Gasteiger partial charge in [-0.15, -0.1) is 0 Å². The number of benzene rings is 1. The first-order valence-corrected chi connectivity index (χ1v) is 6.31. The molecular weight excluding hydrogens is 210 g/mol. The van der Waals surface area contributed by atoms with Crippen LogP contribution in [0.15, 0.2) is 18.2 Å². The van der Waals surface area contributed by atoms with Crippen molar-refractivity contribution in [2.75, 3.05) is 0 Å². The van der Waals surface area contributed by atoms with Gasteiger partial charge in [-0.1, -0.05) is 12.1 Å². The fourth-order valence-corrected chi connectivity index (χ4v) is 2.93. The molecule has 0 unspecified atom stereocenters. The van der Waals surface area contributed by atoms with Gasteiger partial charge in [-0.05, 0) is 44.7 Å². The van der Waals surface area contributed by atoms with Gasteiger partial charge in [-0.3, -0.25) is 4.79 Å². The molecule has 0 spiro atoms. The third-order valence-electron chi connectivity index (χ3n) is 3.90. The van der Waals surface area contributed by atoms with Crippen molar-refractivity contribution >= 4 is 16.7 Å². The van der Waals surface area contributed by atoms with E-state index in [0.717, 1.165) is 12.1 Å². The molecule has 2 heteroatoms. The SMILES string of the molecule is CC(=O)c1ccc2c(C)c3n(c2c1)CCCC3. The van der Waals surface area contributed by atoms with Crippen LogP contribution in [0.2, 0.25) is 0 Å². The highest BCUT2D eigenvalue weighted by atomic mass is 16.1. The second kappa shape index (κ2) is 3.73. The number of aromatic nitrogens is 1. The molecule has 0 radical (unpaired) electrons. The van der Waals surface area contributed by atoms with Crippen LogP contribution in [-0.4, -0.2) is 10.4 Å². The molecule has 0 saturated heterocycles. The third-order valence-corrected chi connectivity index (χ3v) is 3.90. The first kappa shape index (κ1) is 10.6. The van der Waals surface area contributed by atoms with E-state index in [1.807, 2.05) is 6.07 Å². The lowest BCUT2D eigenvalue weighted by Crippen LogP contribution is -2.10. The summed E-state index contributed by atoms with van der Waals surface area (Å²) < 4.78 is 2.40. The number of carbonyl (C=O) groups is 1. The predicted molar refractivity (Wildman–Crippen MR) is 69.6 cm³/mol. The van der Waals surface area contributed by atoms with Gasteiger partial charge < -0.3 is 4.57 Å². The van der Waals surface area contributed by atoms with E-state index in [-0.39, 0.29) is 5.78 Å². The molecule has 17 heavy (non-hydrogen) atoms. The van der Waals surface area contributed by atoms with E-state index >= 15 is 0 Å². The molecule has 0 bridgehead atoms. The number of ketones is 1. The van der Waals surface area contributed by atoms with Gasteiger partial charge in [-0.2, -0.15) is 0 Å². The lowest BCUT2D eigenvalue weighted by Gasteiger charge is -2.16. The number of Topliss-reactive ketones (excluding diaryl/α,β-unsaturated/α-hetero) is 1. The summed E-state index contributed by atoms with van der Waals surface area (Å²) in [7, 11) is 0. The maximum atomic E-state index is 11.5. The van der Waals surface area contributed by atoms with Crippen molar-refractivity contribution in [3.63, 3.8) is 0 Å². The molecule has 0 saturated carbocycles. The first-order chi connectivity index (χ1) is 8.18. The molecule has 0 atom stereocenters. The molecule has 1 aliphatic rings. The number of aryl methyl sites for hydroxylation is 2. The van der Waals surface area contributed by atoms with Crippen LogP contribution in [0.5, 0.6) is 0 Å². The fourth-order valence-electron chi connectivity index (χ4n) is 2.93. The summed E-state index contributed by atoms with van der Waals surface area (Å²) in [6.45, 7) is 4.93. The van der Waals surface area contributed by atoms with Crippen LogP contribution < -0.4 is 0 Å². The van der Waals surface area contributed by atoms with Crippen molar-refractivity contribution in [2.24, 2.45) is 0 Å². The highest BCUT2D eigenvalue weighted by molar-refractivity contribution is 5.98. The standard InChI is InChI=1S/C15H17NO/c1-10-13-7-6-12(11(2)17)9-15(13)16-8-4-3-5-14(10)16/h6-7,9H,3-5,8H2,1-2H3. The Kier molecular flexibility index (Phi) is 2.32. The molecule has 88 valence electrons. The van der Waals surface area contributed by atoms with E-state index < -0.39 is 0 Å². The van der Waals surface area contributed by atoms with Gasteiger partial charge in [0, 0.05) is 28.7 Å². The van der Waals surface area contributed by atoms with Crippen molar-refractivity contribution in [1.29, 1.82) is 0 Å². The van der Waals surface area contributed by atoms with E-state index in [9.17, 15) is 4.79 Å². The summed E-state index contributed by atoms with van der Waals surface area (Å²) in [5.74, 6) is 0.149. The Morgan fingerprint density at radius 2 is 2.12 bits per heavy atom. The Morgan fingerprint density at radius 3 is 2.88 bits per heavy atom. The van der Waals surface area contributed by atoms with Gasteiger partial charge in [0.05, 0.1) is 0 Å². The van der Waals surface area contributed by atoms with Gasteiger partial charge in [0.25, 0.3) is 0 Å². The van der Waals surface area contributed by atoms with E-state index in [4.69, 9.17) is 0 Å². The van der Waals surface area contributed by atoms with Crippen LogP contribution in [0.4, 0.5) is 0 Å². The van der Waals surface area contributed by atoms with Crippen LogP contribution in [0.3, 0.4) is 0 Å². The van der Waals surface area contributed by atoms with Gasteiger partial charge >= 0.3 is 0 Å². The summed E-state index contributed by atoms with van der Waals surface area (Å²) in [6, 6.07) is 6.11. The second-order valence-corrected chi connectivity index (χ2v) is 4.97. The lowest BCUT2D eigenvalue weighted by molar-refractivity contribution is 0.101. The number of nitrogens with zero attached hydrogens (tertiary/aromatic N) is 1. The summed E-state index contributed by atoms with van der Waals surface area (Å²) in [5.41, 5.74) is 4.93. The molecule has 0 N–H and O–H groups in total. The van der Waals surface area contributed by atoms with Crippen molar-refractivity contribution in [2.45, 2.75) is 39.7 Å². The highest BCUT2D eigenvalue weighted by Crippen LogP contribution is 2.30. The first-order valence-electron chi connectivity index (χ1n) is 6.31. The Balaban J connectivity index is 2.32. The zero-order chi connectivity index (χ0) is 12.0. The smallest absolute Gasteiger partial charge is 0.159 e. The average molecular weight is 227 g/mol. The lowest BCUT2D eigenvalue weighted by atomic mass is 10.1. The predicted octanol–water partition coefficient (Wildman–Crippen LogP) is 3.49. The minimum atomic E-state index is 0.149. The zero-order valence-electron chi connectivity index (χ0n) is 10.4. The third kappa shape index (κ3) is 1.51. The monoisotopic (exact) mass is 227 g/mol. The number of rotatable bonds is 1. The molecule has 0 aliphatic carbocycles. The van der Waals surface area contributed by atoms with Crippen LogP contribution in [0, 0.1) is 6.92 Å².